The number of carbonyl (C=O) groups is 2. The van der Waals surface area contributed by atoms with Gasteiger partial charge in [-0.1, -0.05) is 66.2 Å². The first-order valence-corrected chi connectivity index (χ1v) is 12.9. The molecule has 0 radical (unpaired) electrons. The van der Waals surface area contributed by atoms with Crippen molar-refractivity contribution >= 4 is 29.0 Å². The lowest BCUT2D eigenvalue weighted by atomic mass is 10.0. The molecule has 2 aromatic heterocycles. The van der Waals surface area contributed by atoms with Crippen molar-refractivity contribution in [2.75, 3.05) is 5.32 Å². The van der Waals surface area contributed by atoms with E-state index in [4.69, 9.17) is 4.98 Å². The third-order valence-corrected chi connectivity index (χ3v) is 6.66. The summed E-state index contributed by atoms with van der Waals surface area (Å²) in [5.41, 5.74) is 4.39. The number of hydrogen-bond acceptors (Lipinski definition) is 6. The molecule has 0 aliphatic heterocycles. The number of aliphatic carboxylic acids is 1. The largest absolute Gasteiger partial charge is 0.481 e. The van der Waals surface area contributed by atoms with E-state index in [0.717, 1.165) is 16.7 Å². The van der Waals surface area contributed by atoms with Gasteiger partial charge in [-0.05, 0) is 36.2 Å². The lowest BCUT2D eigenvalue weighted by molar-refractivity contribution is -0.384. The standard InChI is InChI=1S/C31H27N5O5/c1-20-8-5-12-23(16-20)28-30(32-19-21-9-3-2-4-10-21)35-15-7-14-25(29(35)34-28)31(39)33-26(18-27(37)38)22-11-6-13-24(17-22)36(40)41/h2-17,26,32H,18-19H2,1H3,(H,33,39)(H,37,38). The van der Waals surface area contributed by atoms with Gasteiger partial charge in [0.2, 0.25) is 0 Å². The first-order chi connectivity index (χ1) is 19.8. The molecule has 3 aromatic carbocycles. The van der Waals surface area contributed by atoms with Gasteiger partial charge in [-0.3, -0.25) is 24.1 Å². The fourth-order valence-electron chi connectivity index (χ4n) is 4.71. The molecule has 5 aromatic rings. The molecule has 5 rings (SSSR count). The summed E-state index contributed by atoms with van der Waals surface area (Å²) in [6.45, 7) is 2.52. The van der Waals surface area contributed by atoms with Gasteiger partial charge in [-0.25, -0.2) is 4.98 Å². The summed E-state index contributed by atoms with van der Waals surface area (Å²) in [5, 5.41) is 27.0. The number of fused-ring (bicyclic) bond motifs is 1. The van der Waals surface area contributed by atoms with E-state index in [0.29, 0.717) is 29.3 Å². The summed E-state index contributed by atoms with van der Waals surface area (Å²) in [5.74, 6) is -1.01. The number of rotatable bonds is 10. The number of non-ortho nitro benzene ring substituents is 1. The molecule has 0 aliphatic carbocycles. The molecule has 2 heterocycles. The van der Waals surface area contributed by atoms with Gasteiger partial charge in [0.1, 0.15) is 11.5 Å². The number of amides is 1. The second-order valence-electron chi connectivity index (χ2n) is 9.61. The Labute approximate surface area is 235 Å². The van der Waals surface area contributed by atoms with Crippen molar-refractivity contribution in [3.05, 3.63) is 130 Å². The predicted octanol–water partition coefficient (Wildman–Crippen LogP) is 5.78. The first-order valence-electron chi connectivity index (χ1n) is 12.9. The minimum absolute atomic E-state index is 0.195. The Morgan fingerprint density at radius 1 is 1.00 bits per heavy atom. The molecule has 206 valence electrons. The molecule has 10 nitrogen and oxygen atoms in total. The zero-order valence-corrected chi connectivity index (χ0v) is 22.2. The highest BCUT2D eigenvalue weighted by Crippen LogP contribution is 2.31. The minimum Gasteiger partial charge on any atom is -0.481 e. The van der Waals surface area contributed by atoms with Gasteiger partial charge < -0.3 is 15.7 Å². The van der Waals surface area contributed by atoms with Gasteiger partial charge in [0.25, 0.3) is 11.6 Å². The highest BCUT2D eigenvalue weighted by molar-refractivity contribution is 6.01. The van der Waals surface area contributed by atoms with Crippen LogP contribution in [0, 0.1) is 17.0 Å². The SMILES string of the molecule is Cc1cccc(-c2nc3c(C(=O)NC(CC(=O)O)c4cccc([N+](=O)[O-])c4)cccn3c2NCc2ccccc2)c1. The van der Waals surface area contributed by atoms with Crippen molar-refractivity contribution in [3.8, 4) is 11.3 Å². The number of aromatic nitrogens is 2. The molecule has 1 atom stereocenters. The number of nitrogens with zero attached hydrogens (tertiary/aromatic N) is 3. The molecule has 3 N–H and O–H groups in total. The number of imidazole rings is 1. The van der Waals surface area contributed by atoms with Gasteiger partial charge in [0.15, 0.2) is 5.65 Å². The van der Waals surface area contributed by atoms with Gasteiger partial charge in [0, 0.05) is 30.4 Å². The number of pyridine rings is 1. The number of carbonyl (C=O) groups excluding carboxylic acids is 1. The molecule has 0 fully saturated rings. The van der Waals surface area contributed by atoms with Crippen LogP contribution in [0.5, 0.6) is 0 Å². The third-order valence-electron chi connectivity index (χ3n) is 6.66. The topological polar surface area (TPSA) is 139 Å². The summed E-state index contributed by atoms with van der Waals surface area (Å²) >= 11 is 0. The molecular formula is C31H27N5O5. The molecule has 1 amide bonds. The number of nitrogens with one attached hydrogen (secondary N) is 2. The Morgan fingerprint density at radius 2 is 1.78 bits per heavy atom. The lowest BCUT2D eigenvalue weighted by Crippen LogP contribution is -2.30. The summed E-state index contributed by atoms with van der Waals surface area (Å²) in [4.78, 5) is 40.9. The first kappa shape index (κ1) is 27.1. The van der Waals surface area contributed by atoms with Gasteiger partial charge in [-0.2, -0.15) is 0 Å². The number of nitro groups is 1. The van der Waals surface area contributed by atoms with Crippen molar-refractivity contribution in [3.63, 3.8) is 0 Å². The van der Waals surface area contributed by atoms with E-state index in [1.54, 1.807) is 28.8 Å². The molecule has 1 unspecified atom stereocenters. The Morgan fingerprint density at radius 3 is 2.51 bits per heavy atom. The van der Waals surface area contributed by atoms with E-state index >= 15 is 0 Å². The second kappa shape index (κ2) is 11.7. The van der Waals surface area contributed by atoms with Crippen LogP contribution in [-0.2, 0) is 11.3 Å². The molecule has 41 heavy (non-hydrogen) atoms. The average Bonchev–Trinajstić information content (AvgIpc) is 3.35. The van der Waals surface area contributed by atoms with E-state index in [1.807, 2.05) is 61.5 Å². The minimum atomic E-state index is -1.16. The van der Waals surface area contributed by atoms with E-state index in [-0.39, 0.29) is 11.3 Å². The smallest absolute Gasteiger partial charge is 0.305 e. The number of nitro benzene ring substituents is 1. The Balaban J connectivity index is 1.55. The molecule has 0 saturated carbocycles. The monoisotopic (exact) mass is 549 g/mol. The maximum Gasteiger partial charge on any atom is 0.305 e. The summed E-state index contributed by atoms with van der Waals surface area (Å²) < 4.78 is 1.80. The Bertz CT molecular complexity index is 1750. The zero-order chi connectivity index (χ0) is 28.9. The summed E-state index contributed by atoms with van der Waals surface area (Å²) in [7, 11) is 0. The van der Waals surface area contributed by atoms with E-state index in [1.165, 1.54) is 18.2 Å². The lowest BCUT2D eigenvalue weighted by Gasteiger charge is -2.18. The van der Waals surface area contributed by atoms with Crippen LogP contribution in [-0.4, -0.2) is 31.3 Å². The number of carboxylic acids is 1. The Hall–Kier alpha value is -5.51. The number of benzene rings is 3. The van der Waals surface area contributed by atoms with Crippen LogP contribution >= 0.6 is 0 Å². The molecular weight excluding hydrogens is 522 g/mol. The molecule has 0 bridgehead atoms. The van der Waals surface area contributed by atoms with Gasteiger partial charge in [-0.15, -0.1) is 0 Å². The van der Waals surface area contributed by atoms with E-state index < -0.39 is 29.3 Å². The van der Waals surface area contributed by atoms with Crippen molar-refractivity contribution in [2.45, 2.75) is 25.9 Å². The fraction of sp³-hybridized carbons (Fsp3) is 0.129. The van der Waals surface area contributed by atoms with Crippen molar-refractivity contribution in [1.29, 1.82) is 0 Å². The number of aryl methyl sites for hydroxylation is 1. The number of anilines is 1. The van der Waals surface area contributed by atoms with Crippen LogP contribution < -0.4 is 10.6 Å². The van der Waals surface area contributed by atoms with E-state index in [9.17, 15) is 24.8 Å². The van der Waals surface area contributed by atoms with Crippen LogP contribution in [0.3, 0.4) is 0 Å². The number of hydrogen-bond donors (Lipinski definition) is 3. The highest BCUT2D eigenvalue weighted by atomic mass is 16.6. The zero-order valence-electron chi connectivity index (χ0n) is 22.2. The highest BCUT2D eigenvalue weighted by Gasteiger charge is 2.24. The normalized spacial score (nSPS) is 11.6. The van der Waals surface area contributed by atoms with Gasteiger partial charge >= 0.3 is 5.97 Å². The molecule has 0 spiro atoms. The maximum atomic E-state index is 13.6. The van der Waals surface area contributed by atoms with Crippen molar-refractivity contribution in [2.24, 2.45) is 0 Å². The quantitative estimate of drug-likeness (QED) is 0.148. The molecule has 10 heteroatoms. The average molecular weight is 550 g/mol. The van der Waals surface area contributed by atoms with Crippen LogP contribution in [0.4, 0.5) is 11.5 Å². The van der Waals surface area contributed by atoms with Crippen molar-refractivity contribution < 1.29 is 19.6 Å². The molecule has 0 aliphatic rings. The third kappa shape index (κ3) is 6.06. The van der Waals surface area contributed by atoms with Crippen LogP contribution in [0.1, 0.15) is 39.5 Å². The van der Waals surface area contributed by atoms with Crippen molar-refractivity contribution in [1.82, 2.24) is 14.7 Å². The van der Waals surface area contributed by atoms with Crippen LogP contribution in [0.25, 0.3) is 16.9 Å². The summed E-state index contributed by atoms with van der Waals surface area (Å²) in [6, 6.07) is 25.7. The fourth-order valence-corrected chi connectivity index (χ4v) is 4.71. The number of carboxylic acid groups (broad SMARTS) is 1. The van der Waals surface area contributed by atoms with E-state index in [2.05, 4.69) is 10.6 Å². The van der Waals surface area contributed by atoms with Gasteiger partial charge in [0.05, 0.1) is 22.9 Å². The maximum absolute atomic E-state index is 13.6. The second-order valence-corrected chi connectivity index (χ2v) is 9.61. The summed E-state index contributed by atoms with van der Waals surface area (Å²) in [6.07, 6.45) is 1.35. The molecule has 0 saturated heterocycles. The van der Waals surface area contributed by atoms with Crippen LogP contribution in [0.2, 0.25) is 0 Å². The predicted molar refractivity (Wildman–Crippen MR) is 155 cm³/mol. The van der Waals surface area contributed by atoms with Crippen LogP contribution in [0.15, 0.2) is 97.2 Å². The Kier molecular flexibility index (Phi) is 7.73.